The van der Waals surface area contributed by atoms with Crippen LogP contribution >= 0.6 is 0 Å². The Bertz CT molecular complexity index is 503. The van der Waals surface area contributed by atoms with Gasteiger partial charge in [0.25, 0.3) is 5.91 Å². The van der Waals surface area contributed by atoms with Crippen LogP contribution in [0, 0.1) is 5.92 Å². The van der Waals surface area contributed by atoms with Crippen molar-refractivity contribution in [1.82, 2.24) is 4.90 Å². The topological polar surface area (TPSA) is 65.1 Å². The Labute approximate surface area is 131 Å². The van der Waals surface area contributed by atoms with E-state index in [1.54, 1.807) is 43.2 Å². The van der Waals surface area contributed by atoms with Crippen LogP contribution in [0.1, 0.15) is 13.8 Å². The van der Waals surface area contributed by atoms with Crippen LogP contribution in [0.15, 0.2) is 24.3 Å². The Hall–Kier alpha value is -2.24. The fourth-order valence-electron chi connectivity index (χ4n) is 1.94. The molecule has 6 heteroatoms. The van der Waals surface area contributed by atoms with Crippen molar-refractivity contribution in [3.63, 3.8) is 0 Å². The van der Waals surface area contributed by atoms with E-state index in [-0.39, 0.29) is 24.4 Å². The number of likely N-dealkylation sites (N-methyl/N-ethyl adjacent to an activating group) is 1. The first-order valence-corrected chi connectivity index (χ1v) is 7.14. The minimum absolute atomic E-state index is 0.0884. The highest BCUT2D eigenvalue weighted by molar-refractivity contribution is 5.79. The fourth-order valence-corrected chi connectivity index (χ4v) is 1.94. The van der Waals surface area contributed by atoms with E-state index < -0.39 is 0 Å². The molecule has 0 spiro atoms. The number of nitrogens with zero attached hydrogens (tertiary/aromatic N) is 1. The van der Waals surface area contributed by atoms with Gasteiger partial charge in [0, 0.05) is 19.2 Å². The van der Waals surface area contributed by atoms with Crippen molar-refractivity contribution in [2.24, 2.45) is 5.92 Å². The minimum Gasteiger partial charge on any atom is -0.497 e. The van der Waals surface area contributed by atoms with Gasteiger partial charge in [0.2, 0.25) is 0 Å². The summed E-state index contributed by atoms with van der Waals surface area (Å²) in [5, 5.41) is 0. The van der Waals surface area contributed by atoms with E-state index in [4.69, 9.17) is 9.47 Å². The second-order valence-electron chi connectivity index (χ2n) is 4.82. The number of rotatable bonds is 8. The molecule has 0 heterocycles. The van der Waals surface area contributed by atoms with E-state index in [9.17, 15) is 9.59 Å². The van der Waals surface area contributed by atoms with E-state index in [2.05, 4.69) is 4.74 Å². The maximum Gasteiger partial charge on any atom is 0.310 e. The van der Waals surface area contributed by atoms with Crippen LogP contribution < -0.4 is 9.47 Å². The first-order valence-electron chi connectivity index (χ1n) is 7.14. The SMILES string of the molecule is CCN(CC(C)C(=O)OC)C(=O)COc1cccc(OC)c1. The molecule has 6 nitrogen and oxygen atoms in total. The normalized spacial score (nSPS) is 11.5. The van der Waals surface area contributed by atoms with Crippen molar-refractivity contribution in [3.05, 3.63) is 24.3 Å². The second kappa shape index (κ2) is 8.92. The Morgan fingerprint density at radius 2 is 1.91 bits per heavy atom. The average Bonchev–Trinajstić information content (AvgIpc) is 2.56. The summed E-state index contributed by atoms with van der Waals surface area (Å²) in [4.78, 5) is 25.2. The molecule has 1 atom stereocenters. The summed E-state index contributed by atoms with van der Waals surface area (Å²) < 4.78 is 15.2. The lowest BCUT2D eigenvalue weighted by Gasteiger charge is -2.23. The van der Waals surface area contributed by atoms with E-state index in [1.807, 2.05) is 6.92 Å². The predicted molar refractivity (Wildman–Crippen MR) is 81.9 cm³/mol. The third-order valence-electron chi connectivity index (χ3n) is 3.24. The van der Waals surface area contributed by atoms with E-state index >= 15 is 0 Å². The van der Waals surface area contributed by atoms with Gasteiger partial charge < -0.3 is 19.1 Å². The van der Waals surface area contributed by atoms with Crippen LogP contribution in [0.4, 0.5) is 0 Å². The molecule has 0 saturated heterocycles. The van der Waals surface area contributed by atoms with E-state index in [0.29, 0.717) is 24.6 Å². The van der Waals surface area contributed by atoms with Crippen molar-refractivity contribution < 1.29 is 23.8 Å². The summed E-state index contributed by atoms with van der Waals surface area (Å²) >= 11 is 0. The van der Waals surface area contributed by atoms with Gasteiger partial charge in [0.1, 0.15) is 11.5 Å². The van der Waals surface area contributed by atoms with Gasteiger partial charge in [-0.15, -0.1) is 0 Å². The van der Waals surface area contributed by atoms with Crippen LogP contribution in [0.5, 0.6) is 11.5 Å². The first-order chi connectivity index (χ1) is 10.5. The molecular formula is C16H23NO5. The highest BCUT2D eigenvalue weighted by Gasteiger charge is 2.20. The first kappa shape index (κ1) is 17.8. The van der Waals surface area contributed by atoms with Gasteiger partial charge >= 0.3 is 5.97 Å². The third-order valence-corrected chi connectivity index (χ3v) is 3.24. The number of hydrogen-bond donors (Lipinski definition) is 0. The monoisotopic (exact) mass is 309 g/mol. The summed E-state index contributed by atoms with van der Waals surface area (Å²) in [6, 6.07) is 7.05. The lowest BCUT2D eigenvalue weighted by Crippen LogP contribution is -2.39. The Kier molecular flexibility index (Phi) is 7.22. The van der Waals surface area contributed by atoms with Gasteiger partial charge in [0.15, 0.2) is 6.61 Å². The molecule has 1 aromatic rings. The van der Waals surface area contributed by atoms with Crippen molar-refractivity contribution in [2.75, 3.05) is 33.9 Å². The number of ether oxygens (including phenoxy) is 3. The van der Waals surface area contributed by atoms with Gasteiger partial charge in [-0.25, -0.2) is 0 Å². The Balaban J connectivity index is 2.55. The largest absolute Gasteiger partial charge is 0.497 e. The highest BCUT2D eigenvalue weighted by Crippen LogP contribution is 2.18. The van der Waals surface area contributed by atoms with Crippen LogP contribution in [0.2, 0.25) is 0 Å². The smallest absolute Gasteiger partial charge is 0.310 e. The van der Waals surface area contributed by atoms with Gasteiger partial charge in [-0.3, -0.25) is 9.59 Å². The van der Waals surface area contributed by atoms with E-state index in [0.717, 1.165) is 0 Å². The summed E-state index contributed by atoms with van der Waals surface area (Å²) in [5.41, 5.74) is 0. The lowest BCUT2D eigenvalue weighted by molar-refractivity contribution is -0.146. The number of methoxy groups -OCH3 is 2. The molecule has 0 radical (unpaired) electrons. The summed E-state index contributed by atoms with van der Waals surface area (Å²) in [6.45, 7) is 4.30. The van der Waals surface area contributed by atoms with Crippen molar-refractivity contribution in [3.8, 4) is 11.5 Å². The average molecular weight is 309 g/mol. The van der Waals surface area contributed by atoms with Crippen LogP contribution in [-0.4, -0.2) is 50.7 Å². The second-order valence-corrected chi connectivity index (χ2v) is 4.82. The standard InChI is InChI=1S/C16H23NO5/c1-5-17(10-12(2)16(19)21-4)15(18)11-22-14-8-6-7-13(9-14)20-3/h6-9,12H,5,10-11H2,1-4H3. The molecule has 0 saturated carbocycles. The van der Waals surface area contributed by atoms with Crippen LogP contribution in [0.25, 0.3) is 0 Å². The van der Waals surface area contributed by atoms with Crippen molar-refractivity contribution in [1.29, 1.82) is 0 Å². The zero-order valence-corrected chi connectivity index (χ0v) is 13.5. The van der Waals surface area contributed by atoms with Gasteiger partial charge in [-0.05, 0) is 19.1 Å². The Morgan fingerprint density at radius 1 is 1.23 bits per heavy atom. The quantitative estimate of drug-likeness (QED) is 0.684. The molecule has 1 amide bonds. The number of carbonyl (C=O) groups excluding carboxylic acids is 2. The van der Waals surface area contributed by atoms with Crippen molar-refractivity contribution >= 4 is 11.9 Å². The minimum atomic E-state index is -0.370. The molecule has 0 fully saturated rings. The molecule has 1 unspecified atom stereocenters. The molecule has 0 aliphatic rings. The number of esters is 1. The molecule has 0 bridgehead atoms. The molecule has 22 heavy (non-hydrogen) atoms. The van der Waals surface area contributed by atoms with Crippen LogP contribution in [0.3, 0.4) is 0 Å². The fraction of sp³-hybridized carbons (Fsp3) is 0.500. The number of amides is 1. The molecular weight excluding hydrogens is 286 g/mol. The molecule has 0 aromatic heterocycles. The van der Waals surface area contributed by atoms with Gasteiger partial charge in [-0.2, -0.15) is 0 Å². The number of hydrogen-bond acceptors (Lipinski definition) is 5. The molecule has 122 valence electrons. The molecule has 0 N–H and O–H groups in total. The van der Waals surface area contributed by atoms with Gasteiger partial charge in [0.05, 0.1) is 20.1 Å². The summed E-state index contributed by atoms with van der Waals surface area (Å²) in [7, 11) is 2.90. The molecule has 0 aliphatic carbocycles. The number of carbonyl (C=O) groups is 2. The zero-order chi connectivity index (χ0) is 16.5. The Morgan fingerprint density at radius 3 is 2.50 bits per heavy atom. The van der Waals surface area contributed by atoms with E-state index in [1.165, 1.54) is 7.11 Å². The third kappa shape index (κ3) is 5.27. The summed E-state index contributed by atoms with van der Waals surface area (Å²) in [5.74, 6) is 0.341. The van der Waals surface area contributed by atoms with Crippen LogP contribution in [-0.2, 0) is 14.3 Å². The van der Waals surface area contributed by atoms with Crippen molar-refractivity contribution in [2.45, 2.75) is 13.8 Å². The maximum absolute atomic E-state index is 12.2. The maximum atomic E-state index is 12.2. The molecule has 0 aliphatic heterocycles. The predicted octanol–water partition coefficient (Wildman–Crippen LogP) is 1.73. The molecule has 1 aromatic carbocycles. The van der Waals surface area contributed by atoms with Gasteiger partial charge in [-0.1, -0.05) is 13.0 Å². The zero-order valence-electron chi connectivity index (χ0n) is 13.5. The summed E-state index contributed by atoms with van der Waals surface area (Å²) in [6.07, 6.45) is 0. The molecule has 1 rings (SSSR count). The number of benzene rings is 1. The lowest BCUT2D eigenvalue weighted by atomic mass is 10.1. The highest BCUT2D eigenvalue weighted by atomic mass is 16.5.